The molecule has 3 aromatic rings. The molecule has 0 unspecified atom stereocenters. The molecule has 2 N–H and O–H groups in total. The van der Waals surface area contributed by atoms with E-state index in [0.717, 1.165) is 34.0 Å². The van der Waals surface area contributed by atoms with Crippen LogP contribution in [-0.4, -0.2) is 20.9 Å². The number of hydrogen-bond donors (Lipinski definition) is 1. The lowest BCUT2D eigenvalue weighted by Gasteiger charge is -2.24. The number of fused-ring (bicyclic) bond motifs is 1. The van der Waals surface area contributed by atoms with Crippen LogP contribution in [0.5, 0.6) is 0 Å². The number of carbonyl (C=O) groups is 1. The molecule has 0 saturated carbocycles. The normalized spacial score (nSPS) is 11.4. The molecule has 0 aliphatic heterocycles. The molecule has 0 atom stereocenters. The molecule has 1 amide bonds. The SMILES string of the molecule is NC(=O)CN(c1cccc2ccccc12)S(=O)(=O)c1ccc(F)cc1. The van der Waals surface area contributed by atoms with Crippen LogP contribution in [0.1, 0.15) is 0 Å². The third-order valence-electron chi connectivity index (χ3n) is 3.74. The summed E-state index contributed by atoms with van der Waals surface area (Å²) in [5.74, 6) is -1.34. The van der Waals surface area contributed by atoms with Crippen LogP contribution in [0.4, 0.5) is 10.1 Å². The molecule has 25 heavy (non-hydrogen) atoms. The Morgan fingerprint density at radius 2 is 1.60 bits per heavy atom. The first kappa shape index (κ1) is 16.9. The lowest BCUT2D eigenvalue weighted by molar-refractivity contribution is -0.116. The first-order chi connectivity index (χ1) is 11.9. The van der Waals surface area contributed by atoms with Gasteiger partial charge < -0.3 is 5.73 Å². The summed E-state index contributed by atoms with van der Waals surface area (Å²) in [7, 11) is -4.09. The summed E-state index contributed by atoms with van der Waals surface area (Å²) in [6, 6.07) is 16.8. The topological polar surface area (TPSA) is 80.5 Å². The minimum Gasteiger partial charge on any atom is -0.368 e. The molecule has 5 nitrogen and oxygen atoms in total. The smallest absolute Gasteiger partial charge is 0.264 e. The van der Waals surface area contributed by atoms with Crippen molar-refractivity contribution in [3.05, 3.63) is 72.5 Å². The number of carbonyl (C=O) groups excluding carboxylic acids is 1. The van der Waals surface area contributed by atoms with Crippen LogP contribution in [-0.2, 0) is 14.8 Å². The number of halogens is 1. The highest BCUT2D eigenvalue weighted by atomic mass is 32.2. The molecule has 0 heterocycles. The molecule has 7 heteroatoms. The Morgan fingerprint density at radius 1 is 0.960 bits per heavy atom. The summed E-state index contributed by atoms with van der Waals surface area (Å²) in [6.07, 6.45) is 0. The van der Waals surface area contributed by atoms with Gasteiger partial charge in [-0.2, -0.15) is 0 Å². The van der Waals surface area contributed by atoms with Crippen molar-refractivity contribution >= 4 is 32.4 Å². The zero-order valence-corrected chi connectivity index (χ0v) is 13.9. The highest BCUT2D eigenvalue weighted by Gasteiger charge is 2.27. The van der Waals surface area contributed by atoms with Gasteiger partial charge in [0.25, 0.3) is 10.0 Å². The second-order valence-corrected chi connectivity index (χ2v) is 7.29. The van der Waals surface area contributed by atoms with Gasteiger partial charge in [-0.15, -0.1) is 0 Å². The Morgan fingerprint density at radius 3 is 2.28 bits per heavy atom. The predicted octanol–water partition coefficient (Wildman–Crippen LogP) is 2.66. The molecule has 0 radical (unpaired) electrons. The molecular formula is C18H15FN2O3S. The first-order valence-electron chi connectivity index (χ1n) is 7.44. The molecule has 0 fully saturated rings. The fourth-order valence-corrected chi connectivity index (χ4v) is 4.05. The molecule has 0 bridgehead atoms. The molecule has 0 aliphatic carbocycles. The minimum absolute atomic E-state index is 0.122. The fraction of sp³-hybridized carbons (Fsp3) is 0.0556. The lowest BCUT2D eigenvalue weighted by atomic mass is 10.1. The number of sulfonamides is 1. The van der Waals surface area contributed by atoms with Crippen molar-refractivity contribution in [2.24, 2.45) is 5.73 Å². The Balaban J connectivity index is 2.20. The monoisotopic (exact) mass is 358 g/mol. The average molecular weight is 358 g/mol. The van der Waals surface area contributed by atoms with Crippen molar-refractivity contribution in [2.75, 3.05) is 10.8 Å². The molecule has 0 aromatic heterocycles. The average Bonchev–Trinajstić information content (AvgIpc) is 2.59. The second-order valence-electron chi connectivity index (χ2n) is 5.43. The molecule has 0 spiro atoms. The standard InChI is InChI=1S/C18H15FN2O3S/c19-14-8-10-15(11-9-14)25(23,24)21(12-18(20)22)17-7-3-5-13-4-1-2-6-16(13)17/h1-11H,12H2,(H2,20,22). The van der Waals surface area contributed by atoms with Gasteiger partial charge in [0, 0.05) is 5.39 Å². The van der Waals surface area contributed by atoms with E-state index in [1.807, 2.05) is 18.2 Å². The van der Waals surface area contributed by atoms with E-state index in [1.165, 1.54) is 0 Å². The maximum atomic E-state index is 13.1. The van der Waals surface area contributed by atoms with Crippen LogP contribution >= 0.6 is 0 Å². The molecule has 128 valence electrons. The summed E-state index contributed by atoms with van der Waals surface area (Å²) < 4.78 is 40.1. The number of nitrogens with zero attached hydrogens (tertiary/aromatic N) is 1. The summed E-state index contributed by atoms with van der Waals surface area (Å²) in [5.41, 5.74) is 5.60. The summed E-state index contributed by atoms with van der Waals surface area (Å²) in [5, 5.41) is 1.49. The number of anilines is 1. The number of primary amides is 1. The largest absolute Gasteiger partial charge is 0.368 e. The minimum atomic E-state index is -4.09. The van der Waals surface area contributed by atoms with Crippen molar-refractivity contribution in [3.8, 4) is 0 Å². The van der Waals surface area contributed by atoms with Gasteiger partial charge in [-0.3, -0.25) is 9.10 Å². The van der Waals surface area contributed by atoms with Crippen molar-refractivity contribution in [1.29, 1.82) is 0 Å². The number of benzene rings is 3. The predicted molar refractivity (Wildman–Crippen MR) is 94.1 cm³/mol. The van der Waals surface area contributed by atoms with Crippen molar-refractivity contribution in [1.82, 2.24) is 0 Å². The summed E-state index contributed by atoms with van der Waals surface area (Å²) in [4.78, 5) is 11.4. The Kier molecular flexibility index (Phi) is 4.41. The number of rotatable bonds is 5. The van der Waals surface area contributed by atoms with Crippen LogP contribution in [0.15, 0.2) is 71.6 Å². The maximum Gasteiger partial charge on any atom is 0.264 e. The highest BCUT2D eigenvalue weighted by Crippen LogP contribution is 2.30. The van der Waals surface area contributed by atoms with E-state index in [1.54, 1.807) is 24.3 Å². The Bertz CT molecular complexity index is 1030. The van der Waals surface area contributed by atoms with Gasteiger partial charge in [-0.1, -0.05) is 36.4 Å². The van der Waals surface area contributed by atoms with E-state index in [0.29, 0.717) is 11.1 Å². The van der Waals surface area contributed by atoms with Gasteiger partial charge in [0.15, 0.2) is 0 Å². The second kappa shape index (κ2) is 6.52. The van der Waals surface area contributed by atoms with Gasteiger partial charge in [-0.25, -0.2) is 12.8 Å². The van der Waals surface area contributed by atoms with Crippen molar-refractivity contribution in [3.63, 3.8) is 0 Å². The van der Waals surface area contributed by atoms with E-state index in [2.05, 4.69) is 0 Å². The van der Waals surface area contributed by atoms with Crippen LogP contribution in [0.25, 0.3) is 10.8 Å². The van der Waals surface area contributed by atoms with Gasteiger partial charge in [-0.05, 0) is 35.7 Å². The van der Waals surface area contributed by atoms with E-state index >= 15 is 0 Å². The van der Waals surface area contributed by atoms with Crippen molar-refractivity contribution in [2.45, 2.75) is 4.90 Å². The van der Waals surface area contributed by atoms with E-state index in [4.69, 9.17) is 5.73 Å². The van der Waals surface area contributed by atoms with E-state index < -0.39 is 28.3 Å². The fourth-order valence-electron chi connectivity index (χ4n) is 2.60. The third kappa shape index (κ3) is 3.32. The number of hydrogen-bond acceptors (Lipinski definition) is 3. The Labute approximate surface area is 144 Å². The first-order valence-corrected chi connectivity index (χ1v) is 8.88. The summed E-state index contributed by atoms with van der Waals surface area (Å²) in [6.45, 7) is -0.520. The molecule has 0 aliphatic rings. The van der Waals surface area contributed by atoms with Crippen LogP contribution in [0, 0.1) is 5.82 Å². The van der Waals surface area contributed by atoms with E-state index in [9.17, 15) is 17.6 Å². The van der Waals surface area contributed by atoms with Crippen molar-refractivity contribution < 1.29 is 17.6 Å². The Hall–Kier alpha value is -2.93. The van der Waals surface area contributed by atoms with E-state index in [-0.39, 0.29) is 4.90 Å². The quantitative estimate of drug-likeness (QED) is 0.761. The maximum absolute atomic E-state index is 13.1. The number of amides is 1. The molecule has 3 aromatic carbocycles. The van der Waals surface area contributed by atoms with Crippen LogP contribution in [0.3, 0.4) is 0 Å². The summed E-state index contributed by atoms with van der Waals surface area (Å²) >= 11 is 0. The molecule has 3 rings (SSSR count). The van der Waals surface area contributed by atoms with Gasteiger partial charge >= 0.3 is 0 Å². The van der Waals surface area contributed by atoms with Gasteiger partial charge in [0.2, 0.25) is 5.91 Å². The van der Waals surface area contributed by atoms with Crippen LogP contribution < -0.4 is 10.0 Å². The molecule has 0 saturated heterocycles. The van der Waals surface area contributed by atoms with Crippen LogP contribution in [0.2, 0.25) is 0 Å². The van der Waals surface area contributed by atoms with Gasteiger partial charge in [0.1, 0.15) is 12.4 Å². The zero-order chi connectivity index (χ0) is 18.0. The third-order valence-corrected chi connectivity index (χ3v) is 5.51. The lowest BCUT2D eigenvalue weighted by Crippen LogP contribution is -2.38. The highest BCUT2D eigenvalue weighted by molar-refractivity contribution is 7.92. The van der Waals surface area contributed by atoms with Gasteiger partial charge in [0.05, 0.1) is 10.6 Å². The number of nitrogens with two attached hydrogens (primary N) is 1. The molecular weight excluding hydrogens is 343 g/mol. The zero-order valence-electron chi connectivity index (χ0n) is 13.1.